The predicted octanol–water partition coefficient (Wildman–Crippen LogP) is 3.91. The van der Waals surface area contributed by atoms with Crippen LogP contribution in [0.25, 0.3) is 11.3 Å². The summed E-state index contributed by atoms with van der Waals surface area (Å²) in [5.41, 5.74) is -2.23. The summed E-state index contributed by atoms with van der Waals surface area (Å²) in [5, 5.41) is 2.78. The minimum Gasteiger partial charge on any atom is -0.480 e. The summed E-state index contributed by atoms with van der Waals surface area (Å²) in [6, 6.07) is 0.873. The molecule has 2 heterocycles. The van der Waals surface area contributed by atoms with Crippen molar-refractivity contribution in [2.75, 3.05) is 18.6 Å². The van der Waals surface area contributed by atoms with Crippen LogP contribution in [0.5, 0.6) is 5.75 Å². The molecule has 25 heavy (non-hydrogen) atoms. The molecule has 0 fully saturated rings. The Hall–Kier alpha value is -2.00. The number of aryl methyl sites for hydroxylation is 1. The molecule has 0 unspecified atom stereocenters. The second-order valence-electron chi connectivity index (χ2n) is 5.27. The lowest BCUT2D eigenvalue weighted by atomic mass is 10.1. The van der Waals surface area contributed by atoms with Gasteiger partial charge in [0.05, 0.1) is 15.6 Å². The first-order valence-electron chi connectivity index (χ1n) is 6.75. The first-order chi connectivity index (χ1) is 11.5. The minimum absolute atomic E-state index is 0.0320. The Balaban J connectivity index is 2.35. The molecule has 1 aliphatic heterocycles. The molecule has 1 aliphatic rings. The fourth-order valence-electron chi connectivity index (χ4n) is 2.59. The molecule has 1 aromatic carbocycles. The molecule has 5 nitrogen and oxygen atoms in total. The number of halogens is 6. The fraction of sp³-hybridized carbons (Fsp3) is 0.286. The Bertz CT molecular complexity index is 895. The van der Waals surface area contributed by atoms with Gasteiger partial charge in [-0.2, -0.15) is 18.3 Å². The molecule has 0 aliphatic carbocycles. The maximum atomic E-state index is 14.6. The molecule has 134 valence electrons. The van der Waals surface area contributed by atoms with E-state index in [1.165, 1.54) is 7.05 Å². The molecular weight excluding hydrogens is 389 g/mol. The standard InChI is InChI=1S/C14H9Cl2F4N3O2/c1-22-7(24)4-25-12-5(15)3-6(17)8(11(12)22)10-9(16)13(14(18,19)20)23(2)21-10/h3H,4H2,1-2H3. The maximum absolute atomic E-state index is 14.6. The highest BCUT2D eigenvalue weighted by Crippen LogP contribution is 2.49. The summed E-state index contributed by atoms with van der Waals surface area (Å²) in [5.74, 6) is -1.54. The van der Waals surface area contributed by atoms with Gasteiger partial charge in [0.15, 0.2) is 18.1 Å². The Morgan fingerprint density at radius 3 is 2.48 bits per heavy atom. The number of carbonyl (C=O) groups is 1. The SMILES string of the molecule is CN1C(=O)COc2c(Cl)cc(F)c(-c3nn(C)c(C(F)(F)F)c3Cl)c21. The highest BCUT2D eigenvalue weighted by molar-refractivity contribution is 6.35. The van der Waals surface area contributed by atoms with Crippen LogP contribution in [-0.4, -0.2) is 29.3 Å². The monoisotopic (exact) mass is 397 g/mol. The number of aromatic nitrogens is 2. The molecule has 0 atom stereocenters. The van der Waals surface area contributed by atoms with E-state index in [0.717, 1.165) is 18.0 Å². The summed E-state index contributed by atoms with van der Waals surface area (Å²) in [6.45, 7) is -0.335. The zero-order valence-electron chi connectivity index (χ0n) is 12.7. The Kier molecular flexibility index (Phi) is 4.11. The van der Waals surface area contributed by atoms with Crippen molar-refractivity contribution in [3.63, 3.8) is 0 Å². The van der Waals surface area contributed by atoms with Crippen LogP contribution in [0.15, 0.2) is 6.07 Å². The highest BCUT2D eigenvalue weighted by atomic mass is 35.5. The van der Waals surface area contributed by atoms with Crippen LogP contribution >= 0.6 is 23.2 Å². The molecule has 0 bridgehead atoms. The lowest BCUT2D eigenvalue weighted by Gasteiger charge is -2.28. The van der Waals surface area contributed by atoms with Gasteiger partial charge in [-0.15, -0.1) is 0 Å². The van der Waals surface area contributed by atoms with Crippen LogP contribution in [0.1, 0.15) is 5.69 Å². The van der Waals surface area contributed by atoms with Crippen molar-refractivity contribution in [2.45, 2.75) is 6.18 Å². The second-order valence-corrected chi connectivity index (χ2v) is 6.05. The van der Waals surface area contributed by atoms with Gasteiger partial charge in [-0.3, -0.25) is 9.48 Å². The van der Waals surface area contributed by atoms with Crippen LogP contribution < -0.4 is 9.64 Å². The van der Waals surface area contributed by atoms with Gasteiger partial charge in [0.25, 0.3) is 5.91 Å². The third-order valence-corrected chi connectivity index (χ3v) is 4.34. The minimum atomic E-state index is -4.79. The van der Waals surface area contributed by atoms with Gasteiger partial charge >= 0.3 is 6.18 Å². The van der Waals surface area contributed by atoms with Crippen molar-refractivity contribution in [1.29, 1.82) is 0 Å². The molecule has 0 saturated carbocycles. The molecule has 0 saturated heterocycles. The van der Waals surface area contributed by atoms with E-state index in [9.17, 15) is 22.4 Å². The highest BCUT2D eigenvalue weighted by Gasteiger charge is 2.41. The maximum Gasteiger partial charge on any atom is 0.434 e. The first-order valence-corrected chi connectivity index (χ1v) is 7.51. The quantitative estimate of drug-likeness (QED) is 0.685. The van der Waals surface area contributed by atoms with Crippen molar-refractivity contribution in [1.82, 2.24) is 9.78 Å². The Morgan fingerprint density at radius 2 is 1.92 bits per heavy atom. The van der Waals surface area contributed by atoms with Gasteiger partial charge in [-0.1, -0.05) is 23.2 Å². The molecule has 0 radical (unpaired) electrons. The molecule has 0 N–H and O–H groups in total. The Morgan fingerprint density at radius 1 is 1.28 bits per heavy atom. The van der Waals surface area contributed by atoms with Gasteiger partial charge in [0.2, 0.25) is 0 Å². The zero-order chi connectivity index (χ0) is 18.7. The summed E-state index contributed by atoms with van der Waals surface area (Å²) in [6.07, 6.45) is -4.79. The summed E-state index contributed by atoms with van der Waals surface area (Å²) in [7, 11) is 2.36. The molecule has 0 spiro atoms. The van der Waals surface area contributed by atoms with Crippen LogP contribution in [0.2, 0.25) is 10.0 Å². The lowest BCUT2D eigenvalue weighted by molar-refractivity contribution is -0.143. The number of ether oxygens (including phenoxy) is 1. The Labute approximate surface area is 148 Å². The predicted molar refractivity (Wildman–Crippen MR) is 82.5 cm³/mol. The van der Waals surface area contributed by atoms with Gasteiger partial charge in [-0.25, -0.2) is 4.39 Å². The second kappa shape index (κ2) is 5.77. The third-order valence-electron chi connectivity index (χ3n) is 3.71. The molecule has 1 aromatic heterocycles. The number of benzene rings is 1. The topological polar surface area (TPSA) is 47.4 Å². The number of likely N-dealkylation sites (N-methyl/N-ethyl adjacent to an activating group) is 1. The average molecular weight is 398 g/mol. The number of nitrogens with zero attached hydrogens (tertiary/aromatic N) is 3. The van der Waals surface area contributed by atoms with E-state index in [2.05, 4.69) is 5.10 Å². The summed E-state index contributed by atoms with van der Waals surface area (Å²) < 4.78 is 59.7. The van der Waals surface area contributed by atoms with Crippen molar-refractivity contribution in [3.05, 3.63) is 27.6 Å². The van der Waals surface area contributed by atoms with Crippen molar-refractivity contribution < 1.29 is 27.1 Å². The van der Waals surface area contributed by atoms with Crippen LogP contribution in [0, 0.1) is 5.82 Å². The number of fused-ring (bicyclic) bond motifs is 1. The van der Waals surface area contributed by atoms with E-state index in [4.69, 9.17) is 27.9 Å². The van der Waals surface area contributed by atoms with Gasteiger partial charge in [0, 0.05) is 14.1 Å². The number of rotatable bonds is 1. The number of hydrogen-bond acceptors (Lipinski definition) is 3. The number of hydrogen-bond donors (Lipinski definition) is 0. The van der Waals surface area contributed by atoms with E-state index in [1.807, 2.05) is 0 Å². The van der Waals surface area contributed by atoms with Gasteiger partial charge < -0.3 is 9.64 Å². The molecule has 2 aromatic rings. The van der Waals surface area contributed by atoms with Crippen molar-refractivity contribution in [2.24, 2.45) is 7.05 Å². The van der Waals surface area contributed by atoms with Gasteiger partial charge in [0.1, 0.15) is 17.2 Å². The molecule has 1 amide bonds. The van der Waals surface area contributed by atoms with E-state index in [1.54, 1.807) is 0 Å². The van der Waals surface area contributed by atoms with E-state index in [0.29, 0.717) is 4.68 Å². The smallest absolute Gasteiger partial charge is 0.434 e. The third kappa shape index (κ3) is 2.71. The van der Waals surface area contributed by atoms with Crippen molar-refractivity contribution in [3.8, 4) is 17.0 Å². The fourth-order valence-corrected chi connectivity index (χ4v) is 3.19. The summed E-state index contributed by atoms with van der Waals surface area (Å²) >= 11 is 11.8. The summed E-state index contributed by atoms with van der Waals surface area (Å²) in [4.78, 5) is 12.9. The number of carbonyl (C=O) groups excluding carboxylic acids is 1. The van der Waals surface area contributed by atoms with E-state index >= 15 is 0 Å². The molecular formula is C14H9Cl2F4N3O2. The van der Waals surface area contributed by atoms with Crippen LogP contribution in [-0.2, 0) is 18.0 Å². The first kappa shape index (κ1) is 17.8. The zero-order valence-corrected chi connectivity index (χ0v) is 14.2. The largest absolute Gasteiger partial charge is 0.480 e. The van der Waals surface area contributed by atoms with E-state index in [-0.39, 0.29) is 23.1 Å². The van der Waals surface area contributed by atoms with Crippen LogP contribution in [0.4, 0.5) is 23.2 Å². The number of anilines is 1. The number of alkyl halides is 3. The van der Waals surface area contributed by atoms with E-state index < -0.39 is 39.9 Å². The molecule has 11 heteroatoms. The number of amides is 1. The van der Waals surface area contributed by atoms with Gasteiger partial charge in [-0.05, 0) is 6.07 Å². The van der Waals surface area contributed by atoms with Crippen LogP contribution in [0.3, 0.4) is 0 Å². The lowest BCUT2D eigenvalue weighted by Crippen LogP contribution is -2.36. The van der Waals surface area contributed by atoms with Crippen molar-refractivity contribution >= 4 is 34.8 Å². The molecule has 3 rings (SSSR count). The average Bonchev–Trinajstić information content (AvgIpc) is 2.77. The normalized spacial score (nSPS) is 14.6.